The first kappa shape index (κ1) is 9.12. The highest BCUT2D eigenvalue weighted by atomic mass is 79.9. The second-order valence-corrected chi connectivity index (χ2v) is 4.52. The summed E-state index contributed by atoms with van der Waals surface area (Å²) in [5.41, 5.74) is 0.757. The molecule has 1 aromatic carbocycles. The third kappa shape index (κ3) is 1.49. The van der Waals surface area contributed by atoms with Crippen LogP contribution < -0.4 is 0 Å². The van der Waals surface area contributed by atoms with Crippen molar-refractivity contribution in [2.24, 2.45) is 0 Å². The minimum absolute atomic E-state index is 0.507. The van der Waals surface area contributed by atoms with Crippen LogP contribution in [0.4, 0.5) is 0 Å². The lowest BCUT2D eigenvalue weighted by Gasteiger charge is -2.00. The highest BCUT2D eigenvalue weighted by Gasteiger charge is 2.12. The molecule has 2 rings (SSSR count). The molecule has 1 unspecified atom stereocenters. The van der Waals surface area contributed by atoms with Crippen molar-refractivity contribution in [3.05, 3.63) is 28.4 Å². The van der Waals surface area contributed by atoms with Crippen molar-refractivity contribution in [2.75, 3.05) is 0 Å². The summed E-state index contributed by atoms with van der Waals surface area (Å²) >= 11 is 4.87. The third-order valence-electron chi connectivity index (χ3n) is 1.87. The first-order chi connectivity index (χ1) is 6.20. The van der Waals surface area contributed by atoms with Gasteiger partial charge in [-0.2, -0.15) is 4.37 Å². The predicted octanol–water partition coefficient (Wildman–Crippen LogP) is 3.11. The predicted molar refractivity (Wildman–Crippen MR) is 58.0 cm³/mol. The molecule has 1 N–H and O–H groups in total. The van der Waals surface area contributed by atoms with E-state index in [4.69, 9.17) is 0 Å². The van der Waals surface area contributed by atoms with E-state index >= 15 is 0 Å². The highest BCUT2D eigenvalue weighted by Crippen LogP contribution is 2.32. The number of aromatic nitrogens is 1. The molecule has 0 spiro atoms. The van der Waals surface area contributed by atoms with E-state index in [-0.39, 0.29) is 0 Å². The topological polar surface area (TPSA) is 33.1 Å². The Balaban J connectivity index is 2.79. The Bertz CT molecular complexity index is 438. The van der Waals surface area contributed by atoms with E-state index in [1.165, 1.54) is 11.5 Å². The number of rotatable bonds is 1. The summed E-state index contributed by atoms with van der Waals surface area (Å²) in [6.07, 6.45) is -0.507. The fourth-order valence-electron chi connectivity index (χ4n) is 1.26. The van der Waals surface area contributed by atoms with Gasteiger partial charge in [0.15, 0.2) is 0 Å². The molecule has 2 nitrogen and oxygen atoms in total. The van der Waals surface area contributed by atoms with Gasteiger partial charge in [-0.1, -0.05) is 22.0 Å². The molecule has 0 amide bonds. The molecule has 0 saturated carbocycles. The zero-order valence-corrected chi connectivity index (χ0v) is 9.39. The van der Waals surface area contributed by atoms with Crippen molar-refractivity contribution >= 4 is 37.5 Å². The Labute approximate surface area is 88.5 Å². The summed E-state index contributed by atoms with van der Waals surface area (Å²) in [7, 11) is 0. The maximum Gasteiger partial charge on any atom is 0.0949 e. The van der Waals surface area contributed by atoms with Gasteiger partial charge in [-0.25, -0.2) is 0 Å². The molecule has 0 aliphatic rings. The smallest absolute Gasteiger partial charge is 0.0949 e. The molecule has 1 atom stereocenters. The van der Waals surface area contributed by atoms with Gasteiger partial charge in [0.05, 0.1) is 16.5 Å². The van der Waals surface area contributed by atoms with E-state index < -0.39 is 6.10 Å². The Morgan fingerprint density at radius 1 is 1.54 bits per heavy atom. The number of hydrogen-bond acceptors (Lipinski definition) is 3. The minimum Gasteiger partial charge on any atom is -0.387 e. The first-order valence-electron chi connectivity index (χ1n) is 3.92. The van der Waals surface area contributed by atoms with Crippen molar-refractivity contribution in [1.82, 2.24) is 4.37 Å². The summed E-state index contributed by atoms with van der Waals surface area (Å²) < 4.78 is 6.31. The van der Waals surface area contributed by atoms with Gasteiger partial charge >= 0.3 is 0 Å². The number of nitrogens with zero attached hydrogens (tertiary/aromatic N) is 1. The van der Waals surface area contributed by atoms with Crippen LogP contribution >= 0.6 is 27.5 Å². The molecule has 0 radical (unpaired) electrons. The van der Waals surface area contributed by atoms with Gasteiger partial charge in [0.1, 0.15) is 0 Å². The number of halogens is 1. The quantitative estimate of drug-likeness (QED) is 0.852. The largest absolute Gasteiger partial charge is 0.387 e. The lowest BCUT2D eigenvalue weighted by atomic mass is 10.1. The molecule has 2 aromatic rings. The van der Waals surface area contributed by atoms with Gasteiger partial charge < -0.3 is 5.11 Å². The second kappa shape index (κ2) is 3.36. The summed E-state index contributed by atoms with van der Waals surface area (Å²) in [4.78, 5) is 0. The molecule has 1 heterocycles. The molecule has 68 valence electrons. The van der Waals surface area contributed by atoms with E-state index in [1.807, 2.05) is 18.2 Å². The summed E-state index contributed by atoms with van der Waals surface area (Å²) in [6.45, 7) is 1.73. The van der Waals surface area contributed by atoms with E-state index in [2.05, 4.69) is 20.3 Å². The highest BCUT2D eigenvalue weighted by molar-refractivity contribution is 9.10. The Morgan fingerprint density at radius 2 is 2.31 bits per heavy atom. The van der Waals surface area contributed by atoms with Crippen LogP contribution in [0, 0.1) is 0 Å². The van der Waals surface area contributed by atoms with Crippen molar-refractivity contribution in [1.29, 1.82) is 0 Å². The van der Waals surface area contributed by atoms with Gasteiger partial charge in [0, 0.05) is 9.86 Å². The maximum absolute atomic E-state index is 9.46. The molecule has 4 heteroatoms. The van der Waals surface area contributed by atoms with E-state index in [0.717, 1.165) is 20.3 Å². The summed E-state index contributed by atoms with van der Waals surface area (Å²) in [5, 5.41) is 10.5. The van der Waals surface area contributed by atoms with Crippen LogP contribution in [-0.2, 0) is 0 Å². The number of aliphatic hydroxyl groups is 1. The molecule has 0 fully saturated rings. The van der Waals surface area contributed by atoms with E-state index in [1.54, 1.807) is 6.92 Å². The van der Waals surface area contributed by atoms with Crippen LogP contribution in [0.25, 0.3) is 10.1 Å². The molecule has 0 bridgehead atoms. The minimum atomic E-state index is -0.507. The molecule has 0 aliphatic heterocycles. The lowest BCUT2D eigenvalue weighted by molar-refractivity contribution is 0.197. The third-order valence-corrected chi connectivity index (χ3v) is 3.36. The zero-order valence-electron chi connectivity index (χ0n) is 6.99. The number of fused-ring (bicyclic) bond motifs is 1. The maximum atomic E-state index is 9.46. The van der Waals surface area contributed by atoms with Crippen LogP contribution in [0.1, 0.15) is 18.7 Å². The van der Waals surface area contributed by atoms with Crippen LogP contribution in [0.5, 0.6) is 0 Å². The van der Waals surface area contributed by atoms with Gasteiger partial charge in [-0.05, 0) is 30.6 Å². The Hall–Kier alpha value is -0.450. The molecule has 0 aliphatic carbocycles. The summed E-state index contributed by atoms with van der Waals surface area (Å²) in [6, 6.07) is 5.93. The Kier molecular flexibility index (Phi) is 2.36. The molecular weight excluding hydrogens is 250 g/mol. The van der Waals surface area contributed by atoms with Crippen molar-refractivity contribution < 1.29 is 5.11 Å². The van der Waals surface area contributed by atoms with Gasteiger partial charge in [0.2, 0.25) is 0 Å². The number of aliphatic hydroxyl groups excluding tert-OH is 1. The Morgan fingerprint density at radius 3 is 3.00 bits per heavy atom. The SMILES string of the molecule is CC(O)c1nsc2cccc(Br)c12. The van der Waals surface area contributed by atoms with E-state index in [0.29, 0.717) is 0 Å². The van der Waals surface area contributed by atoms with Gasteiger partial charge in [0.25, 0.3) is 0 Å². The normalized spacial score (nSPS) is 13.5. The van der Waals surface area contributed by atoms with E-state index in [9.17, 15) is 5.11 Å². The van der Waals surface area contributed by atoms with Crippen molar-refractivity contribution in [3.63, 3.8) is 0 Å². The van der Waals surface area contributed by atoms with Crippen molar-refractivity contribution in [3.8, 4) is 0 Å². The average Bonchev–Trinajstić information content (AvgIpc) is 2.49. The number of hydrogen-bond donors (Lipinski definition) is 1. The lowest BCUT2D eigenvalue weighted by Crippen LogP contribution is -1.91. The fourth-order valence-corrected chi connectivity index (χ4v) is 2.84. The van der Waals surface area contributed by atoms with Crippen LogP contribution in [0.15, 0.2) is 22.7 Å². The average molecular weight is 258 g/mol. The molecule has 1 aromatic heterocycles. The van der Waals surface area contributed by atoms with Crippen LogP contribution in [0.3, 0.4) is 0 Å². The zero-order chi connectivity index (χ0) is 9.42. The van der Waals surface area contributed by atoms with Gasteiger partial charge in [-0.3, -0.25) is 0 Å². The monoisotopic (exact) mass is 257 g/mol. The number of benzene rings is 1. The van der Waals surface area contributed by atoms with Crippen LogP contribution in [-0.4, -0.2) is 9.48 Å². The molecule has 13 heavy (non-hydrogen) atoms. The van der Waals surface area contributed by atoms with Crippen LogP contribution in [0.2, 0.25) is 0 Å². The standard InChI is InChI=1S/C9H8BrNOS/c1-5(12)9-8-6(10)3-2-4-7(8)13-11-9/h2-5,12H,1H3. The fraction of sp³-hybridized carbons (Fsp3) is 0.222. The first-order valence-corrected chi connectivity index (χ1v) is 5.48. The second-order valence-electron chi connectivity index (χ2n) is 2.86. The van der Waals surface area contributed by atoms with Gasteiger partial charge in [-0.15, -0.1) is 0 Å². The molecular formula is C9H8BrNOS. The summed E-state index contributed by atoms with van der Waals surface area (Å²) in [5.74, 6) is 0. The van der Waals surface area contributed by atoms with Crippen molar-refractivity contribution in [2.45, 2.75) is 13.0 Å². The molecule has 0 saturated heterocycles.